The van der Waals surface area contributed by atoms with Gasteiger partial charge in [0.2, 0.25) is 0 Å². The van der Waals surface area contributed by atoms with E-state index in [2.05, 4.69) is 140 Å². The molecule has 3 heterocycles. The highest BCUT2D eigenvalue weighted by Gasteiger charge is 2.27. The lowest BCUT2D eigenvalue weighted by Gasteiger charge is -2.29. The lowest BCUT2D eigenvalue weighted by Crippen LogP contribution is -2.20. The van der Waals surface area contributed by atoms with Crippen LogP contribution >= 0.6 is 0 Å². The molecule has 0 radical (unpaired) electrons. The summed E-state index contributed by atoms with van der Waals surface area (Å²) in [5.41, 5.74) is 13.7. The number of hydrogen-bond acceptors (Lipinski definition) is 4. The summed E-state index contributed by atoms with van der Waals surface area (Å²) in [7, 11) is 0. The number of nitrogens with zero attached hydrogens (tertiary/aromatic N) is 3. The van der Waals surface area contributed by atoms with Gasteiger partial charge in [0, 0.05) is 45.0 Å². The first-order chi connectivity index (χ1) is 25.2. The summed E-state index contributed by atoms with van der Waals surface area (Å²) in [6.07, 6.45) is 12.4. The highest BCUT2D eigenvalue weighted by atomic mass is 16.5. The van der Waals surface area contributed by atoms with Gasteiger partial charge >= 0.3 is 0 Å². The number of ether oxygens (including phenoxy) is 1. The Balaban J connectivity index is 0.975. The second-order valence-electron chi connectivity index (χ2n) is 12.9. The molecule has 2 aliphatic rings. The number of para-hydroxylation sites is 1. The molecule has 0 saturated carbocycles. The molecule has 0 bridgehead atoms. The minimum Gasteiger partial charge on any atom is -0.480 e. The summed E-state index contributed by atoms with van der Waals surface area (Å²) in [6, 6.07) is 48.2. The van der Waals surface area contributed by atoms with Crippen LogP contribution in [-0.4, -0.2) is 21.1 Å². The van der Waals surface area contributed by atoms with Crippen molar-refractivity contribution in [2.75, 3.05) is 0 Å². The standard InChI is InChI=1S/C47H33N3O/c1-31-10-8-16-39-28-40(30-48-45(31)39)32-18-20-33(21-19-32)41-17-9-15-37-26-27-44(51-46(37)41)36-22-24-38(25-23-36)47-49-42(34-11-4-2-5-12-34)29-43(50-47)35-13-6-3-7-14-35/h2-30,46H,1H3. The first kappa shape index (κ1) is 30.4. The van der Waals surface area contributed by atoms with Crippen molar-refractivity contribution < 1.29 is 4.74 Å². The monoisotopic (exact) mass is 655 g/mol. The van der Waals surface area contributed by atoms with Gasteiger partial charge in [0.25, 0.3) is 0 Å². The second-order valence-corrected chi connectivity index (χ2v) is 12.9. The number of allylic oxidation sites excluding steroid dienone is 4. The minimum absolute atomic E-state index is 0.204. The Kier molecular flexibility index (Phi) is 7.75. The molecule has 5 aromatic carbocycles. The Labute approximate surface area is 297 Å². The predicted molar refractivity (Wildman–Crippen MR) is 208 cm³/mol. The van der Waals surface area contributed by atoms with Crippen LogP contribution in [0.5, 0.6) is 0 Å². The van der Waals surface area contributed by atoms with Crippen LogP contribution in [0.3, 0.4) is 0 Å². The van der Waals surface area contributed by atoms with E-state index in [1.165, 1.54) is 5.56 Å². The number of aromatic nitrogens is 3. The molecular formula is C47H33N3O. The van der Waals surface area contributed by atoms with E-state index in [0.29, 0.717) is 5.82 Å². The zero-order valence-corrected chi connectivity index (χ0v) is 28.1. The third kappa shape index (κ3) is 5.98. The van der Waals surface area contributed by atoms with Crippen LogP contribution in [0.1, 0.15) is 16.7 Å². The van der Waals surface area contributed by atoms with Crippen LogP contribution in [0.25, 0.3) is 67.3 Å². The highest BCUT2D eigenvalue weighted by molar-refractivity contribution is 5.86. The minimum atomic E-state index is -0.204. The molecule has 2 aromatic heterocycles. The molecule has 0 spiro atoms. The number of aryl methyl sites for hydroxylation is 1. The van der Waals surface area contributed by atoms with Gasteiger partial charge in [-0.1, -0.05) is 152 Å². The number of benzene rings is 5. The second kappa shape index (κ2) is 13.0. The molecule has 1 aliphatic heterocycles. The van der Waals surface area contributed by atoms with E-state index >= 15 is 0 Å². The first-order valence-electron chi connectivity index (χ1n) is 17.2. The summed E-state index contributed by atoms with van der Waals surface area (Å²) < 4.78 is 6.75. The molecule has 1 aliphatic carbocycles. The fourth-order valence-corrected chi connectivity index (χ4v) is 6.84. The van der Waals surface area contributed by atoms with Crippen molar-refractivity contribution in [3.8, 4) is 45.0 Å². The third-order valence-corrected chi connectivity index (χ3v) is 9.58. The van der Waals surface area contributed by atoms with Crippen LogP contribution in [-0.2, 0) is 4.74 Å². The van der Waals surface area contributed by atoms with Crippen LogP contribution < -0.4 is 0 Å². The zero-order valence-electron chi connectivity index (χ0n) is 28.1. The Morgan fingerprint density at radius 3 is 1.88 bits per heavy atom. The lowest BCUT2D eigenvalue weighted by atomic mass is 9.88. The SMILES string of the molecule is Cc1cccc2cc(-c3ccc(C4=CC=CC5=CC=C(c6ccc(-c7nc(-c8ccccc8)cc(-c8ccccc8)n7)cc6)OC54)cc3)cnc12. The lowest BCUT2D eigenvalue weighted by molar-refractivity contribution is 0.251. The van der Waals surface area contributed by atoms with E-state index in [1.54, 1.807) is 0 Å². The number of pyridine rings is 1. The summed E-state index contributed by atoms with van der Waals surface area (Å²) in [6.45, 7) is 2.10. The van der Waals surface area contributed by atoms with Gasteiger partial charge in [0.05, 0.1) is 16.9 Å². The van der Waals surface area contributed by atoms with Gasteiger partial charge in [-0.15, -0.1) is 0 Å². The van der Waals surface area contributed by atoms with Gasteiger partial charge in [0.1, 0.15) is 11.9 Å². The Morgan fingerprint density at radius 2 is 1.18 bits per heavy atom. The van der Waals surface area contributed by atoms with Crippen molar-refractivity contribution in [3.63, 3.8) is 0 Å². The van der Waals surface area contributed by atoms with Crippen molar-refractivity contribution >= 4 is 22.2 Å². The van der Waals surface area contributed by atoms with Crippen LogP contribution in [0.2, 0.25) is 0 Å². The summed E-state index contributed by atoms with van der Waals surface area (Å²) in [4.78, 5) is 14.7. The molecular weight excluding hydrogens is 623 g/mol. The molecule has 51 heavy (non-hydrogen) atoms. The molecule has 4 nitrogen and oxygen atoms in total. The van der Waals surface area contributed by atoms with E-state index in [-0.39, 0.29) is 6.10 Å². The molecule has 0 amide bonds. The van der Waals surface area contributed by atoms with Gasteiger partial charge in [0.15, 0.2) is 5.82 Å². The molecule has 4 heteroatoms. The number of rotatable bonds is 6. The average molecular weight is 656 g/mol. The number of fused-ring (bicyclic) bond motifs is 2. The summed E-state index contributed by atoms with van der Waals surface area (Å²) >= 11 is 0. The van der Waals surface area contributed by atoms with Gasteiger partial charge in [-0.25, -0.2) is 9.97 Å². The Bertz CT molecular complexity index is 2470. The molecule has 242 valence electrons. The Morgan fingerprint density at radius 1 is 0.529 bits per heavy atom. The fourth-order valence-electron chi connectivity index (χ4n) is 6.84. The average Bonchev–Trinajstić information content (AvgIpc) is 3.21. The largest absolute Gasteiger partial charge is 0.480 e. The van der Waals surface area contributed by atoms with Gasteiger partial charge in [-0.05, 0) is 47.4 Å². The molecule has 9 rings (SSSR count). The van der Waals surface area contributed by atoms with Gasteiger partial charge in [-0.2, -0.15) is 0 Å². The van der Waals surface area contributed by atoms with Crippen molar-refractivity contribution in [3.05, 3.63) is 198 Å². The van der Waals surface area contributed by atoms with E-state index in [4.69, 9.17) is 19.7 Å². The van der Waals surface area contributed by atoms with E-state index < -0.39 is 0 Å². The molecule has 7 aromatic rings. The van der Waals surface area contributed by atoms with E-state index in [1.807, 2.05) is 42.6 Å². The van der Waals surface area contributed by atoms with Crippen LogP contribution in [0.4, 0.5) is 0 Å². The van der Waals surface area contributed by atoms with Crippen molar-refractivity contribution in [1.29, 1.82) is 0 Å². The smallest absolute Gasteiger partial charge is 0.160 e. The molecule has 0 fully saturated rings. The van der Waals surface area contributed by atoms with E-state index in [0.717, 1.165) is 78.1 Å². The molecule has 1 unspecified atom stereocenters. The molecule has 0 saturated heterocycles. The van der Waals surface area contributed by atoms with Crippen molar-refractivity contribution in [2.45, 2.75) is 13.0 Å². The third-order valence-electron chi connectivity index (χ3n) is 9.58. The maximum atomic E-state index is 6.75. The fraction of sp³-hybridized carbons (Fsp3) is 0.0426. The van der Waals surface area contributed by atoms with Gasteiger partial charge < -0.3 is 4.74 Å². The maximum Gasteiger partial charge on any atom is 0.160 e. The predicted octanol–water partition coefficient (Wildman–Crippen LogP) is 11.3. The summed E-state index contributed by atoms with van der Waals surface area (Å²) in [5.74, 6) is 1.51. The van der Waals surface area contributed by atoms with Crippen molar-refractivity contribution in [2.24, 2.45) is 0 Å². The van der Waals surface area contributed by atoms with Crippen LogP contribution in [0.15, 0.2) is 182 Å². The first-order valence-corrected chi connectivity index (χ1v) is 17.2. The zero-order chi connectivity index (χ0) is 34.1. The van der Waals surface area contributed by atoms with E-state index in [9.17, 15) is 0 Å². The highest BCUT2D eigenvalue weighted by Crippen LogP contribution is 2.38. The molecule has 0 N–H and O–H groups in total. The normalized spacial score (nSPS) is 15.0. The van der Waals surface area contributed by atoms with Crippen molar-refractivity contribution in [1.82, 2.24) is 15.0 Å². The Hall–Kier alpha value is -6.65. The molecule has 1 atom stereocenters. The maximum absolute atomic E-state index is 6.75. The quantitative estimate of drug-likeness (QED) is 0.179. The topological polar surface area (TPSA) is 47.9 Å². The van der Waals surface area contributed by atoms with Crippen LogP contribution in [0, 0.1) is 6.92 Å². The summed E-state index contributed by atoms with van der Waals surface area (Å²) in [5, 5.41) is 1.15. The number of hydrogen-bond donors (Lipinski definition) is 0. The van der Waals surface area contributed by atoms with Gasteiger partial charge in [-0.3, -0.25) is 4.98 Å².